The van der Waals surface area contributed by atoms with Crippen molar-refractivity contribution >= 4 is 5.78 Å². The first-order chi connectivity index (χ1) is 5.75. The standard InChI is InChI=1S/C10H16O2/c1-7-2-3-8(11)6-10(7)12-9-4-5-9/h7,9-10H,2-6H2,1H3. The van der Waals surface area contributed by atoms with E-state index in [1.54, 1.807) is 0 Å². The second kappa shape index (κ2) is 3.17. The Morgan fingerprint density at radius 1 is 1.33 bits per heavy atom. The summed E-state index contributed by atoms with van der Waals surface area (Å²) in [5.41, 5.74) is 0. The normalized spacial score (nSPS) is 36.9. The largest absolute Gasteiger partial charge is 0.374 e. The molecule has 2 saturated carbocycles. The van der Waals surface area contributed by atoms with Crippen LogP contribution in [0.3, 0.4) is 0 Å². The highest BCUT2D eigenvalue weighted by atomic mass is 16.5. The van der Waals surface area contributed by atoms with E-state index in [-0.39, 0.29) is 6.10 Å². The second-order valence-electron chi connectivity index (χ2n) is 4.13. The van der Waals surface area contributed by atoms with Crippen LogP contribution in [0.4, 0.5) is 0 Å². The van der Waals surface area contributed by atoms with Gasteiger partial charge in [0, 0.05) is 12.8 Å². The molecule has 0 radical (unpaired) electrons. The zero-order valence-corrected chi connectivity index (χ0v) is 7.58. The van der Waals surface area contributed by atoms with Crippen LogP contribution in [0.5, 0.6) is 0 Å². The minimum absolute atomic E-state index is 0.235. The van der Waals surface area contributed by atoms with Crippen LogP contribution in [0.15, 0.2) is 0 Å². The molecule has 2 fully saturated rings. The summed E-state index contributed by atoms with van der Waals surface area (Å²) < 4.78 is 5.76. The van der Waals surface area contributed by atoms with Gasteiger partial charge in [0.25, 0.3) is 0 Å². The van der Waals surface area contributed by atoms with Crippen molar-refractivity contribution in [2.75, 3.05) is 0 Å². The first-order valence-corrected chi connectivity index (χ1v) is 4.93. The number of carbonyl (C=O) groups is 1. The van der Waals surface area contributed by atoms with Gasteiger partial charge in [0.1, 0.15) is 5.78 Å². The molecule has 0 bridgehead atoms. The summed E-state index contributed by atoms with van der Waals surface area (Å²) in [4.78, 5) is 11.1. The predicted octanol–water partition coefficient (Wildman–Crippen LogP) is 1.92. The Bertz CT molecular complexity index is 184. The van der Waals surface area contributed by atoms with Crippen molar-refractivity contribution in [2.24, 2.45) is 5.92 Å². The molecule has 2 rings (SSSR count). The molecular formula is C10H16O2. The second-order valence-corrected chi connectivity index (χ2v) is 4.13. The number of hydrogen-bond donors (Lipinski definition) is 0. The monoisotopic (exact) mass is 168 g/mol. The molecule has 2 aliphatic rings. The third-order valence-corrected chi connectivity index (χ3v) is 2.83. The molecule has 0 aliphatic heterocycles. The van der Waals surface area contributed by atoms with E-state index >= 15 is 0 Å². The van der Waals surface area contributed by atoms with E-state index in [9.17, 15) is 4.79 Å². The maximum absolute atomic E-state index is 11.1. The molecule has 2 atom stereocenters. The van der Waals surface area contributed by atoms with E-state index in [0.717, 1.165) is 12.8 Å². The van der Waals surface area contributed by atoms with Gasteiger partial charge in [-0.05, 0) is 25.2 Å². The molecule has 12 heavy (non-hydrogen) atoms. The molecule has 0 saturated heterocycles. The summed E-state index contributed by atoms with van der Waals surface area (Å²) >= 11 is 0. The number of Topliss-reactive ketones (excluding diaryl/α,β-unsaturated/α-hetero) is 1. The molecule has 0 spiro atoms. The molecule has 0 aromatic carbocycles. The Morgan fingerprint density at radius 3 is 2.75 bits per heavy atom. The Hall–Kier alpha value is -0.370. The van der Waals surface area contributed by atoms with Crippen molar-refractivity contribution in [1.29, 1.82) is 0 Å². The van der Waals surface area contributed by atoms with Gasteiger partial charge in [0.15, 0.2) is 0 Å². The highest BCUT2D eigenvalue weighted by Crippen LogP contribution is 2.32. The van der Waals surface area contributed by atoms with Crippen LogP contribution in [0.2, 0.25) is 0 Å². The number of hydrogen-bond acceptors (Lipinski definition) is 2. The van der Waals surface area contributed by atoms with Crippen LogP contribution in [0, 0.1) is 5.92 Å². The maximum Gasteiger partial charge on any atom is 0.135 e. The molecule has 2 heteroatoms. The van der Waals surface area contributed by atoms with Gasteiger partial charge in [-0.15, -0.1) is 0 Å². The van der Waals surface area contributed by atoms with E-state index in [0.29, 0.717) is 24.2 Å². The average molecular weight is 168 g/mol. The first kappa shape index (κ1) is 8.24. The van der Waals surface area contributed by atoms with Crippen LogP contribution < -0.4 is 0 Å². The third kappa shape index (κ3) is 1.86. The quantitative estimate of drug-likeness (QED) is 0.629. The summed E-state index contributed by atoms with van der Waals surface area (Å²) in [7, 11) is 0. The van der Waals surface area contributed by atoms with Gasteiger partial charge in [-0.1, -0.05) is 6.92 Å². The van der Waals surface area contributed by atoms with Crippen molar-refractivity contribution < 1.29 is 9.53 Å². The zero-order valence-electron chi connectivity index (χ0n) is 7.58. The molecule has 0 N–H and O–H groups in total. The van der Waals surface area contributed by atoms with Crippen molar-refractivity contribution in [3.8, 4) is 0 Å². The van der Waals surface area contributed by atoms with Crippen molar-refractivity contribution in [3.63, 3.8) is 0 Å². The molecule has 0 aromatic rings. The van der Waals surface area contributed by atoms with E-state index in [1.807, 2.05) is 0 Å². The highest BCUT2D eigenvalue weighted by molar-refractivity contribution is 5.79. The lowest BCUT2D eigenvalue weighted by atomic mass is 9.87. The summed E-state index contributed by atoms with van der Waals surface area (Å²) in [5, 5.41) is 0. The Balaban J connectivity index is 1.86. The molecule has 0 amide bonds. The molecule has 68 valence electrons. The minimum Gasteiger partial charge on any atom is -0.374 e. The fourth-order valence-electron chi connectivity index (χ4n) is 1.74. The third-order valence-electron chi connectivity index (χ3n) is 2.83. The molecule has 0 heterocycles. The summed E-state index contributed by atoms with van der Waals surface area (Å²) in [5.74, 6) is 0.974. The first-order valence-electron chi connectivity index (χ1n) is 4.93. The number of carbonyl (C=O) groups excluding carboxylic acids is 1. The topological polar surface area (TPSA) is 26.3 Å². The Morgan fingerprint density at radius 2 is 2.08 bits per heavy atom. The lowest BCUT2D eigenvalue weighted by molar-refractivity contribution is -0.127. The fraction of sp³-hybridized carbons (Fsp3) is 0.900. The van der Waals surface area contributed by atoms with Gasteiger partial charge < -0.3 is 4.74 Å². The van der Waals surface area contributed by atoms with Crippen LogP contribution >= 0.6 is 0 Å². The summed E-state index contributed by atoms with van der Waals surface area (Å²) in [6.45, 7) is 2.19. The average Bonchev–Trinajstić information content (AvgIpc) is 2.81. The van der Waals surface area contributed by atoms with Crippen LogP contribution in [-0.2, 0) is 9.53 Å². The van der Waals surface area contributed by atoms with Crippen molar-refractivity contribution in [2.45, 2.75) is 51.2 Å². The van der Waals surface area contributed by atoms with Gasteiger partial charge >= 0.3 is 0 Å². The van der Waals surface area contributed by atoms with Crippen LogP contribution in [0.25, 0.3) is 0 Å². The maximum atomic E-state index is 11.1. The van der Waals surface area contributed by atoms with Crippen molar-refractivity contribution in [1.82, 2.24) is 0 Å². The fourth-order valence-corrected chi connectivity index (χ4v) is 1.74. The molecule has 2 aliphatic carbocycles. The highest BCUT2D eigenvalue weighted by Gasteiger charge is 2.32. The van der Waals surface area contributed by atoms with E-state index in [1.165, 1.54) is 12.8 Å². The van der Waals surface area contributed by atoms with Crippen LogP contribution in [0.1, 0.15) is 39.0 Å². The Labute approximate surface area is 73.3 Å². The van der Waals surface area contributed by atoms with E-state index in [4.69, 9.17) is 4.74 Å². The molecule has 2 nitrogen and oxygen atoms in total. The zero-order chi connectivity index (χ0) is 8.55. The van der Waals surface area contributed by atoms with Gasteiger partial charge in [-0.25, -0.2) is 0 Å². The Kier molecular flexibility index (Phi) is 2.18. The summed E-state index contributed by atoms with van der Waals surface area (Å²) in [6.07, 6.45) is 5.59. The van der Waals surface area contributed by atoms with Crippen LogP contribution in [-0.4, -0.2) is 18.0 Å². The van der Waals surface area contributed by atoms with Gasteiger partial charge in [-0.2, -0.15) is 0 Å². The molecular weight excluding hydrogens is 152 g/mol. The number of ether oxygens (including phenoxy) is 1. The van der Waals surface area contributed by atoms with E-state index in [2.05, 4.69) is 6.92 Å². The molecule has 2 unspecified atom stereocenters. The smallest absolute Gasteiger partial charge is 0.135 e. The lowest BCUT2D eigenvalue weighted by Gasteiger charge is -2.27. The van der Waals surface area contributed by atoms with Gasteiger partial charge in [0.2, 0.25) is 0 Å². The number of rotatable bonds is 2. The summed E-state index contributed by atoms with van der Waals surface area (Å²) in [6, 6.07) is 0. The van der Waals surface area contributed by atoms with Crippen molar-refractivity contribution in [3.05, 3.63) is 0 Å². The minimum atomic E-state index is 0.235. The van der Waals surface area contributed by atoms with E-state index < -0.39 is 0 Å². The predicted molar refractivity (Wildman–Crippen MR) is 45.9 cm³/mol. The van der Waals surface area contributed by atoms with Gasteiger partial charge in [-0.3, -0.25) is 4.79 Å². The number of ketones is 1. The SMILES string of the molecule is CC1CCC(=O)CC1OC1CC1. The molecule has 0 aromatic heterocycles. The lowest BCUT2D eigenvalue weighted by Crippen LogP contribution is -2.30. The van der Waals surface area contributed by atoms with Gasteiger partial charge in [0.05, 0.1) is 12.2 Å².